The molecule has 0 saturated heterocycles. The molecule has 0 aliphatic carbocycles. The number of rotatable bonds is 2. The largest absolute Gasteiger partial charge is 0.296 e. The highest BCUT2D eigenvalue weighted by atomic mass is 127. The maximum Gasteiger partial charge on any atom is 0.276 e. The molecule has 1 N–H and O–H groups in total. The number of thiazole rings is 1. The van der Waals surface area contributed by atoms with E-state index in [1.54, 1.807) is 17.9 Å². The normalized spacial score (nSPS) is 10.6. The van der Waals surface area contributed by atoms with E-state index < -0.39 is 0 Å². The van der Waals surface area contributed by atoms with Gasteiger partial charge in [0.2, 0.25) is 0 Å². The van der Waals surface area contributed by atoms with Crippen LogP contribution in [0.25, 0.3) is 0 Å². The molecule has 0 aliphatic rings. The molecule has 2 aromatic rings. The standard InChI is InChI=1S/C10H11IN4OS/c1-5-6(2)17-10(13-5)14-9(16)8-7(11)4-12-15(8)3/h4H,1-3H3,(H,13,14,16). The Labute approximate surface area is 116 Å². The summed E-state index contributed by atoms with van der Waals surface area (Å²) in [6.07, 6.45) is 1.66. The van der Waals surface area contributed by atoms with Gasteiger partial charge in [0.1, 0.15) is 5.69 Å². The molecule has 0 radical (unpaired) electrons. The van der Waals surface area contributed by atoms with Crippen molar-refractivity contribution in [2.75, 3.05) is 5.32 Å². The number of amides is 1. The fraction of sp³-hybridized carbons (Fsp3) is 0.300. The number of halogens is 1. The Morgan fingerprint density at radius 3 is 2.71 bits per heavy atom. The third-order valence-corrected chi connectivity index (χ3v) is 4.14. The second kappa shape index (κ2) is 4.73. The highest BCUT2D eigenvalue weighted by Crippen LogP contribution is 2.22. The lowest BCUT2D eigenvalue weighted by Crippen LogP contribution is -2.17. The summed E-state index contributed by atoms with van der Waals surface area (Å²) < 4.78 is 2.39. The summed E-state index contributed by atoms with van der Waals surface area (Å²) in [7, 11) is 1.75. The van der Waals surface area contributed by atoms with E-state index in [9.17, 15) is 4.79 Å². The predicted molar refractivity (Wildman–Crippen MR) is 75.5 cm³/mol. The van der Waals surface area contributed by atoms with Gasteiger partial charge in [0, 0.05) is 11.9 Å². The van der Waals surface area contributed by atoms with Crippen LogP contribution in [0.4, 0.5) is 5.13 Å². The molecule has 2 rings (SSSR count). The molecule has 2 aromatic heterocycles. The van der Waals surface area contributed by atoms with E-state index in [0.717, 1.165) is 14.1 Å². The minimum absolute atomic E-state index is 0.178. The molecule has 90 valence electrons. The van der Waals surface area contributed by atoms with E-state index in [2.05, 4.69) is 38.0 Å². The molecule has 0 fully saturated rings. The molecule has 1 amide bonds. The fourth-order valence-corrected chi connectivity index (χ4v) is 2.88. The van der Waals surface area contributed by atoms with E-state index >= 15 is 0 Å². The summed E-state index contributed by atoms with van der Waals surface area (Å²) in [5.74, 6) is -0.178. The van der Waals surface area contributed by atoms with Gasteiger partial charge in [-0.2, -0.15) is 5.10 Å². The highest BCUT2D eigenvalue weighted by molar-refractivity contribution is 14.1. The monoisotopic (exact) mass is 362 g/mol. The average molecular weight is 362 g/mol. The molecular formula is C10H11IN4OS. The minimum Gasteiger partial charge on any atom is -0.296 e. The van der Waals surface area contributed by atoms with E-state index in [0.29, 0.717) is 10.8 Å². The summed E-state index contributed by atoms with van der Waals surface area (Å²) in [6.45, 7) is 3.91. The fourth-order valence-electron chi connectivity index (χ4n) is 1.35. The summed E-state index contributed by atoms with van der Waals surface area (Å²) >= 11 is 3.57. The van der Waals surface area contributed by atoms with Crippen LogP contribution in [0, 0.1) is 17.4 Å². The van der Waals surface area contributed by atoms with Crippen LogP contribution in [0.2, 0.25) is 0 Å². The molecule has 0 aliphatic heterocycles. The smallest absolute Gasteiger partial charge is 0.276 e. The third-order valence-electron chi connectivity index (χ3n) is 2.36. The van der Waals surface area contributed by atoms with Crippen LogP contribution in [0.15, 0.2) is 6.20 Å². The van der Waals surface area contributed by atoms with Crippen molar-refractivity contribution in [2.45, 2.75) is 13.8 Å². The Morgan fingerprint density at radius 1 is 1.53 bits per heavy atom. The van der Waals surface area contributed by atoms with Crippen LogP contribution in [0.5, 0.6) is 0 Å². The molecule has 17 heavy (non-hydrogen) atoms. The summed E-state index contributed by atoms with van der Waals surface area (Å²) in [5.41, 5.74) is 1.50. The Balaban J connectivity index is 2.23. The number of carbonyl (C=O) groups excluding carboxylic acids is 1. The lowest BCUT2D eigenvalue weighted by atomic mass is 10.4. The van der Waals surface area contributed by atoms with Gasteiger partial charge in [0.25, 0.3) is 5.91 Å². The van der Waals surface area contributed by atoms with Gasteiger partial charge >= 0.3 is 0 Å². The Morgan fingerprint density at radius 2 is 2.24 bits per heavy atom. The minimum atomic E-state index is -0.178. The van der Waals surface area contributed by atoms with Gasteiger partial charge in [-0.05, 0) is 36.4 Å². The van der Waals surface area contributed by atoms with E-state index in [1.165, 1.54) is 11.3 Å². The van der Waals surface area contributed by atoms with Crippen molar-refractivity contribution >= 4 is 45.0 Å². The zero-order valence-corrected chi connectivity index (χ0v) is 12.6. The molecule has 0 saturated carbocycles. The predicted octanol–water partition coefficient (Wildman–Crippen LogP) is 2.35. The Bertz CT molecular complexity index is 536. The molecule has 0 aromatic carbocycles. The second-order valence-electron chi connectivity index (χ2n) is 3.58. The molecule has 0 spiro atoms. The first kappa shape index (κ1) is 12.5. The molecule has 5 nitrogen and oxygen atoms in total. The molecule has 0 atom stereocenters. The Hall–Kier alpha value is -0.960. The zero-order valence-electron chi connectivity index (χ0n) is 9.61. The van der Waals surface area contributed by atoms with Crippen molar-refractivity contribution in [3.8, 4) is 0 Å². The van der Waals surface area contributed by atoms with Gasteiger partial charge in [-0.1, -0.05) is 0 Å². The number of anilines is 1. The summed E-state index contributed by atoms with van der Waals surface area (Å²) in [6, 6.07) is 0. The van der Waals surface area contributed by atoms with Gasteiger partial charge in [0.15, 0.2) is 5.13 Å². The zero-order chi connectivity index (χ0) is 12.6. The van der Waals surface area contributed by atoms with Crippen LogP contribution in [-0.2, 0) is 7.05 Å². The van der Waals surface area contributed by atoms with Crippen LogP contribution in [-0.4, -0.2) is 20.7 Å². The molecule has 7 heteroatoms. The number of nitrogens with one attached hydrogen (secondary N) is 1. The number of hydrogen-bond acceptors (Lipinski definition) is 4. The van der Waals surface area contributed by atoms with Gasteiger partial charge in [-0.3, -0.25) is 14.8 Å². The van der Waals surface area contributed by atoms with Crippen molar-refractivity contribution < 1.29 is 4.79 Å². The van der Waals surface area contributed by atoms with Crippen LogP contribution < -0.4 is 5.32 Å². The first-order chi connectivity index (χ1) is 7.99. The molecule has 0 bridgehead atoms. The van der Waals surface area contributed by atoms with E-state index in [-0.39, 0.29) is 5.91 Å². The number of nitrogens with zero attached hydrogens (tertiary/aromatic N) is 3. The van der Waals surface area contributed by atoms with Gasteiger partial charge in [-0.15, -0.1) is 11.3 Å². The lowest BCUT2D eigenvalue weighted by Gasteiger charge is -2.02. The maximum absolute atomic E-state index is 12.0. The van der Waals surface area contributed by atoms with Crippen molar-refractivity contribution in [2.24, 2.45) is 7.05 Å². The molecule has 0 unspecified atom stereocenters. The number of aryl methyl sites for hydroxylation is 3. The van der Waals surface area contributed by atoms with Crippen LogP contribution in [0.1, 0.15) is 21.1 Å². The maximum atomic E-state index is 12.0. The SMILES string of the molecule is Cc1nc(NC(=O)c2c(I)cnn2C)sc1C. The Kier molecular flexibility index (Phi) is 3.48. The third kappa shape index (κ3) is 2.49. The van der Waals surface area contributed by atoms with E-state index in [1.807, 2.05) is 13.8 Å². The lowest BCUT2D eigenvalue weighted by molar-refractivity contribution is 0.101. The first-order valence-corrected chi connectivity index (χ1v) is 6.81. The summed E-state index contributed by atoms with van der Waals surface area (Å²) in [5, 5.41) is 7.45. The number of hydrogen-bond donors (Lipinski definition) is 1. The van der Waals surface area contributed by atoms with Crippen molar-refractivity contribution in [1.82, 2.24) is 14.8 Å². The highest BCUT2D eigenvalue weighted by Gasteiger charge is 2.16. The second-order valence-corrected chi connectivity index (χ2v) is 5.94. The quantitative estimate of drug-likeness (QED) is 0.835. The molecular weight excluding hydrogens is 351 g/mol. The van der Waals surface area contributed by atoms with Crippen LogP contribution >= 0.6 is 33.9 Å². The first-order valence-electron chi connectivity index (χ1n) is 4.92. The van der Waals surface area contributed by atoms with Gasteiger partial charge in [0.05, 0.1) is 15.5 Å². The van der Waals surface area contributed by atoms with Gasteiger partial charge < -0.3 is 0 Å². The van der Waals surface area contributed by atoms with Crippen molar-refractivity contribution in [3.05, 3.63) is 26.0 Å². The van der Waals surface area contributed by atoms with E-state index in [4.69, 9.17) is 0 Å². The van der Waals surface area contributed by atoms with Crippen molar-refractivity contribution in [1.29, 1.82) is 0 Å². The summed E-state index contributed by atoms with van der Waals surface area (Å²) in [4.78, 5) is 17.4. The number of carbonyl (C=O) groups is 1. The topological polar surface area (TPSA) is 59.8 Å². The molecule has 2 heterocycles. The van der Waals surface area contributed by atoms with Gasteiger partial charge in [-0.25, -0.2) is 4.98 Å². The average Bonchev–Trinajstić information content (AvgIpc) is 2.72. The van der Waals surface area contributed by atoms with Crippen molar-refractivity contribution in [3.63, 3.8) is 0 Å². The van der Waals surface area contributed by atoms with Crippen LogP contribution in [0.3, 0.4) is 0 Å². The number of aromatic nitrogens is 3.